The van der Waals surface area contributed by atoms with Gasteiger partial charge in [0, 0.05) is 13.1 Å². The molecule has 0 bridgehead atoms. The zero-order valence-electron chi connectivity index (χ0n) is 13.5. The molecule has 0 aromatic heterocycles. The SMILES string of the molecule is O=C(OCc1cccc(S(=O)(=O)N2CCOCC2)c1)C1=COCCO1. The van der Waals surface area contributed by atoms with E-state index in [9.17, 15) is 13.2 Å². The second kappa shape index (κ2) is 7.85. The molecular formula is C16H19NO7S. The number of morpholine rings is 1. The monoisotopic (exact) mass is 369 g/mol. The summed E-state index contributed by atoms with van der Waals surface area (Å²) in [5.74, 6) is -0.649. The molecule has 2 aliphatic rings. The lowest BCUT2D eigenvalue weighted by atomic mass is 10.2. The summed E-state index contributed by atoms with van der Waals surface area (Å²) >= 11 is 0. The first-order valence-electron chi connectivity index (χ1n) is 7.86. The summed E-state index contributed by atoms with van der Waals surface area (Å²) in [6, 6.07) is 6.34. The minimum Gasteiger partial charge on any atom is -0.493 e. The summed E-state index contributed by atoms with van der Waals surface area (Å²) in [5, 5.41) is 0. The third kappa shape index (κ3) is 4.30. The average Bonchev–Trinajstić information content (AvgIpc) is 2.67. The Bertz CT molecular complexity index is 754. The van der Waals surface area contributed by atoms with Crippen molar-refractivity contribution in [1.29, 1.82) is 0 Å². The van der Waals surface area contributed by atoms with E-state index in [0.717, 1.165) is 0 Å². The predicted octanol–water partition coefficient (Wildman–Crippen LogP) is 0.639. The summed E-state index contributed by atoms with van der Waals surface area (Å²) in [4.78, 5) is 12.0. The van der Waals surface area contributed by atoms with E-state index in [1.54, 1.807) is 12.1 Å². The van der Waals surface area contributed by atoms with Crippen molar-refractivity contribution in [3.63, 3.8) is 0 Å². The fourth-order valence-electron chi connectivity index (χ4n) is 2.43. The van der Waals surface area contributed by atoms with Crippen molar-refractivity contribution >= 4 is 16.0 Å². The molecule has 2 heterocycles. The van der Waals surface area contributed by atoms with Gasteiger partial charge < -0.3 is 18.9 Å². The Morgan fingerprint density at radius 3 is 2.68 bits per heavy atom. The van der Waals surface area contributed by atoms with E-state index in [4.69, 9.17) is 18.9 Å². The Kier molecular flexibility index (Phi) is 5.57. The molecule has 0 radical (unpaired) electrons. The minimum atomic E-state index is -3.59. The zero-order chi connectivity index (χ0) is 17.7. The highest BCUT2D eigenvalue weighted by Gasteiger charge is 2.26. The molecule has 1 aromatic carbocycles. The van der Waals surface area contributed by atoms with Gasteiger partial charge in [0.05, 0.1) is 18.1 Å². The molecule has 0 aliphatic carbocycles. The number of rotatable bonds is 5. The topological polar surface area (TPSA) is 91.4 Å². The smallest absolute Gasteiger partial charge is 0.377 e. The van der Waals surface area contributed by atoms with Crippen molar-refractivity contribution in [2.75, 3.05) is 39.5 Å². The highest BCUT2D eigenvalue weighted by atomic mass is 32.2. The first-order chi connectivity index (χ1) is 12.1. The third-order valence-corrected chi connectivity index (χ3v) is 5.62. The molecule has 1 aromatic rings. The van der Waals surface area contributed by atoms with Crippen molar-refractivity contribution in [3.8, 4) is 0 Å². The molecule has 9 heteroatoms. The first kappa shape index (κ1) is 17.7. The van der Waals surface area contributed by atoms with Crippen LogP contribution in [0.3, 0.4) is 0 Å². The molecule has 0 spiro atoms. The van der Waals surface area contributed by atoms with Crippen molar-refractivity contribution in [2.24, 2.45) is 0 Å². The van der Waals surface area contributed by atoms with Gasteiger partial charge in [0.1, 0.15) is 26.1 Å². The van der Waals surface area contributed by atoms with Crippen LogP contribution < -0.4 is 0 Å². The van der Waals surface area contributed by atoms with Crippen LogP contribution >= 0.6 is 0 Å². The minimum absolute atomic E-state index is 0.00310. The highest BCUT2D eigenvalue weighted by molar-refractivity contribution is 7.89. The molecule has 3 rings (SSSR count). The fourth-order valence-corrected chi connectivity index (χ4v) is 3.91. The van der Waals surface area contributed by atoms with Gasteiger partial charge in [0.25, 0.3) is 0 Å². The van der Waals surface area contributed by atoms with Gasteiger partial charge in [-0.25, -0.2) is 13.2 Å². The van der Waals surface area contributed by atoms with E-state index in [0.29, 0.717) is 38.5 Å². The molecule has 136 valence electrons. The standard InChI is InChI=1S/C16H19NO7S/c18-16(15-12-22-8-9-23-15)24-11-13-2-1-3-14(10-13)25(19,20)17-4-6-21-7-5-17/h1-3,10,12H,4-9,11H2. The van der Waals surface area contributed by atoms with Gasteiger partial charge in [-0.2, -0.15) is 4.31 Å². The quantitative estimate of drug-likeness (QED) is 0.703. The van der Waals surface area contributed by atoms with Crippen molar-refractivity contribution < 1.29 is 32.2 Å². The van der Waals surface area contributed by atoms with E-state index in [1.807, 2.05) is 0 Å². The van der Waals surface area contributed by atoms with Gasteiger partial charge in [-0.05, 0) is 17.7 Å². The molecule has 8 nitrogen and oxygen atoms in total. The van der Waals surface area contributed by atoms with Crippen LogP contribution in [0.25, 0.3) is 0 Å². The summed E-state index contributed by atoms with van der Waals surface area (Å²) in [5.41, 5.74) is 0.569. The van der Waals surface area contributed by atoms with Crippen LogP contribution in [-0.2, 0) is 40.4 Å². The molecule has 25 heavy (non-hydrogen) atoms. The number of carbonyl (C=O) groups excluding carboxylic acids is 1. The van der Waals surface area contributed by atoms with Crippen LogP contribution in [0, 0.1) is 0 Å². The van der Waals surface area contributed by atoms with Crippen LogP contribution in [0.1, 0.15) is 5.56 Å². The van der Waals surface area contributed by atoms with Gasteiger partial charge in [-0.15, -0.1) is 0 Å². The van der Waals surface area contributed by atoms with E-state index in [-0.39, 0.29) is 23.9 Å². The maximum atomic E-state index is 12.6. The number of sulfonamides is 1. The Balaban J connectivity index is 1.66. The van der Waals surface area contributed by atoms with Crippen molar-refractivity contribution in [2.45, 2.75) is 11.5 Å². The third-order valence-electron chi connectivity index (χ3n) is 3.73. The van der Waals surface area contributed by atoms with Gasteiger partial charge in [0.2, 0.25) is 15.8 Å². The zero-order valence-corrected chi connectivity index (χ0v) is 14.4. The normalized spacial score (nSPS) is 18.6. The lowest BCUT2D eigenvalue weighted by Gasteiger charge is -2.26. The summed E-state index contributed by atoms with van der Waals surface area (Å²) < 4.78 is 47.1. The predicted molar refractivity (Wildman–Crippen MR) is 85.8 cm³/mol. The second-order valence-electron chi connectivity index (χ2n) is 5.44. The van der Waals surface area contributed by atoms with Crippen LogP contribution in [0.4, 0.5) is 0 Å². The number of esters is 1. The maximum Gasteiger partial charge on any atom is 0.377 e. The molecule has 0 unspecified atom stereocenters. The summed E-state index contributed by atoms with van der Waals surface area (Å²) in [6.45, 7) is 2.03. The van der Waals surface area contributed by atoms with Gasteiger partial charge in [-0.3, -0.25) is 0 Å². The van der Waals surface area contributed by atoms with Crippen molar-refractivity contribution in [3.05, 3.63) is 41.9 Å². The van der Waals surface area contributed by atoms with Gasteiger partial charge in [0.15, 0.2) is 0 Å². The van der Waals surface area contributed by atoms with E-state index < -0.39 is 16.0 Å². The molecule has 0 N–H and O–H groups in total. The molecule has 0 atom stereocenters. The molecule has 0 amide bonds. The number of hydrogen-bond donors (Lipinski definition) is 0. The maximum absolute atomic E-state index is 12.6. The van der Waals surface area contributed by atoms with Crippen LogP contribution in [-0.4, -0.2) is 58.2 Å². The molecule has 2 aliphatic heterocycles. The van der Waals surface area contributed by atoms with Crippen molar-refractivity contribution in [1.82, 2.24) is 4.31 Å². The average molecular weight is 369 g/mol. The first-order valence-corrected chi connectivity index (χ1v) is 9.30. The lowest BCUT2D eigenvalue weighted by molar-refractivity contribution is -0.145. The number of carbonyl (C=O) groups is 1. The van der Waals surface area contributed by atoms with Crippen LogP contribution in [0.2, 0.25) is 0 Å². The summed E-state index contributed by atoms with van der Waals surface area (Å²) in [6.07, 6.45) is 1.21. The van der Waals surface area contributed by atoms with Gasteiger partial charge in [-0.1, -0.05) is 12.1 Å². The molecular weight excluding hydrogens is 350 g/mol. The number of hydrogen-bond acceptors (Lipinski definition) is 7. The van der Waals surface area contributed by atoms with E-state index in [1.165, 1.54) is 22.7 Å². The Morgan fingerprint density at radius 2 is 1.96 bits per heavy atom. The lowest BCUT2D eigenvalue weighted by Crippen LogP contribution is -2.40. The van der Waals surface area contributed by atoms with Crippen LogP contribution in [0.5, 0.6) is 0 Å². The molecule has 0 saturated carbocycles. The fraction of sp³-hybridized carbons (Fsp3) is 0.438. The highest BCUT2D eigenvalue weighted by Crippen LogP contribution is 2.19. The van der Waals surface area contributed by atoms with Crippen LogP contribution in [0.15, 0.2) is 41.2 Å². The molecule has 1 saturated heterocycles. The van der Waals surface area contributed by atoms with E-state index >= 15 is 0 Å². The Hall–Kier alpha value is -2.10. The number of ether oxygens (including phenoxy) is 4. The Labute approximate surface area is 146 Å². The molecule has 1 fully saturated rings. The summed E-state index contributed by atoms with van der Waals surface area (Å²) in [7, 11) is -3.59. The van der Waals surface area contributed by atoms with Gasteiger partial charge >= 0.3 is 5.97 Å². The number of nitrogens with zero attached hydrogens (tertiary/aromatic N) is 1. The Morgan fingerprint density at radius 1 is 1.16 bits per heavy atom. The largest absolute Gasteiger partial charge is 0.493 e. The van der Waals surface area contributed by atoms with E-state index in [2.05, 4.69) is 0 Å². The number of benzene rings is 1. The second-order valence-corrected chi connectivity index (χ2v) is 7.38.